The first-order valence-corrected chi connectivity index (χ1v) is 6.58. The van der Waals surface area contributed by atoms with Gasteiger partial charge in [-0.05, 0) is 42.5 Å². The average molecular weight is 250 g/mol. The number of likely N-dealkylation sites (tertiary alicyclic amines) is 1. The molecule has 1 amide bonds. The molecule has 2 nitrogen and oxygen atoms in total. The van der Waals surface area contributed by atoms with Crippen molar-refractivity contribution in [3.63, 3.8) is 0 Å². The Bertz CT molecular complexity index is 471. The molecule has 1 fully saturated rings. The molecule has 1 aromatic rings. The SMILES string of the molecule is CN1C(=O)CCC2c3cc(Cl)ccc3CCC21. The van der Waals surface area contributed by atoms with E-state index in [0.29, 0.717) is 18.4 Å². The summed E-state index contributed by atoms with van der Waals surface area (Å²) in [7, 11) is 1.94. The molecule has 0 N–H and O–H groups in total. The van der Waals surface area contributed by atoms with Gasteiger partial charge in [0.2, 0.25) is 5.91 Å². The summed E-state index contributed by atoms with van der Waals surface area (Å²) in [5.41, 5.74) is 2.78. The van der Waals surface area contributed by atoms with Crippen molar-refractivity contribution in [2.24, 2.45) is 0 Å². The predicted molar refractivity (Wildman–Crippen MR) is 68.3 cm³/mol. The van der Waals surface area contributed by atoms with Crippen molar-refractivity contribution in [1.29, 1.82) is 0 Å². The van der Waals surface area contributed by atoms with Crippen molar-refractivity contribution in [2.75, 3.05) is 7.05 Å². The molecule has 0 aromatic heterocycles. The molecule has 2 unspecified atom stereocenters. The van der Waals surface area contributed by atoms with Gasteiger partial charge in [0.1, 0.15) is 0 Å². The van der Waals surface area contributed by atoms with E-state index in [2.05, 4.69) is 12.1 Å². The van der Waals surface area contributed by atoms with Gasteiger partial charge in [0.05, 0.1) is 0 Å². The highest BCUT2D eigenvalue weighted by atomic mass is 35.5. The predicted octanol–water partition coefficient (Wildman–Crippen LogP) is 2.99. The molecule has 1 saturated heterocycles. The fraction of sp³-hybridized carbons (Fsp3) is 0.500. The molecule has 2 atom stereocenters. The number of hydrogen-bond donors (Lipinski definition) is 0. The van der Waals surface area contributed by atoms with Crippen molar-refractivity contribution >= 4 is 17.5 Å². The van der Waals surface area contributed by atoms with Crippen LogP contribution >= 0.6 is 11.6 Å². The summed E-state index contributed by atoms with van der Waals surface area (Å²) in [5.74, 6) is 0.775. The Hall–Kier alpha value is -1.02. The molecular formula is C14H16ClNO. The number of amides is 1. The number of benzene rings is 1. The van der Waals surface area contributed by atoms with Gasteiger partial charge >= 0.3 is 0 Å². The van der Waals surface area contributed by atoms with Crippen LogP contribution in [0.5, 0.6) is 0 Å². The van der Waals surface area contributed by atoms with Gasteiger partial charge in [-0.2, -0.15) is 0 Å². The zero-order valence-electron chi connectivity index (χ0n) is 9.95. The highest BCUT2D eigenvalue weighted by Gasteiger charge is 2.37. The zero-order chi connectivity index (χ0) is 12.0. The second-order valence-electron chi connectivity index (χ2n) is 5.10. The Morgan fingerprint density at radius 1 is 1.29 bits per heavy atom. The van der Waals surface area contributed by atoms with Crippen molar-refractivity contribution in [3.05, 3.63) is 34.3 Å². The molecular weight excluding hydrogens is 234 g/mol. The van der Waals surface area contributed by atoms with Crippen LogP contribution in [0.25, 0.3) is 0 Å². The van der Waals surface area contributed by atoms with E-state index < -0.39 is 0 Å². The van der Waals surface area contributed by atoms with Crippen molar-refractivity contribution in [1.82, 2.24) is 4.90 Å². The summed E-state index contributed by atoms with van der Waals surface area (Å²) in [4.78, 5) is 13.7. The molecule has 3 rings (SSSR count). The van der Waals surface area contributed by atoms with Crippen molar-refractivity contribution < 1.29 is 4.79 Å². The summed E-state index contributed by atoms with van der Waals surface area (Å²) in [6.07, 6.45) is 3.79. The molecule has 1 aliphatic carbocycles. The van der Waals surface area contributed by atoms with Gasteiger partial charge < -0.3 is 4.90 Å². The van der Waals surface area contributed by atoms with Crippen LogP contribution in [0, 0.1) is 0 Å². The number of halogens is 1. The number of carbonyl (C=O) groups is 1. The highest BCUT2D eigenvalue weighted by molar-refractivity contribution is 6.30. The largest absolute Gasteiger partial charge is 0.342 e. The second-order valence-corrected chi connectivity index (χ2v) is 5.54. The molecule has 1 aliphatic heterocycles. The molecule has 0 spiro atoms. The summed E-state index contributed by atoms with van der Waals surface area (Å²) in [6.45, 7) is 0. The zero-order valence-corrected chi connectivity index (χ0v) is 10.7. The van der Waals surface area contributed by atoms with Crippen LogP contribution in [0.4, 0.5) is 0 Å². The first-order valence-electron chi connectivity index (χ1n) is 6.21. The lowest BCUT2D eigenvalue weighted by molar-refractivity contribution is -0.135. The average Bonchev–Trinajstić information content (AvgIpc) is 2.33. The van der Waals surface area contributed by atoms with Crippen molar-refractivity contribution in [2.45, 2.75) is 37.6 Å². The maximum atomic E-state index is 11.7. The van der Waals surface area contributed by atoms with Gasteiger partial charge in [0.15, 0.2) is 0 Å². The second kappa shape index (κ2) is 4.02. The first-order chi connectivity index (χ1) is 8.16. The Kier molecular flexibility index (Phi) is 2.62. The van der Waals surface area contributed by atoms with Crippen LogP contribution < -0.4 is 0 Å². The molecule has 2 aliphatic rings. The third-order valence-electron chi connectivity index (χ3n) is 4.24. The number of nitrogens with zero attached hydrogens (tertiary/aromatic N) is 1. The van der Waals surface area contributed by atoms with Crippen LogP contribution in [0.2, 0.25) is 5.02 Å². The quantitative estimate of drug-likeness (QED) is 0.692. The van der Waals surface area contributed by atoms with E-state index in [9.17, 15) is 4.79 Å². The molecule has 1 heterocycles. The molecule has 0 radical (unpaired) electrons. The van der Waals surface area contributed by atoms with Crippen LogP contribution in [-0.4, -0.2) is 23.9 Å². The Morgan fingerprint density at radius 3 is 2.94 bits per heavy atom. The molecule has 1 aromatic carbocycles. The van der Waals surface area contributed by atoms with Gasteiger partial charge in [0.25, 0.3) is 0 Å². The van der Waals surface area contributed by atoms with Crippen LogP contribution in [0.15, 0.2) is 18.2 Å². The minimum Gasteiger partial charge on any atom is -0.342 e. The van der Waals surface area contributed by atoms with Crippen molar-refractivity contribution in [3.8, 4) is 0 Å². The van der Waals surface area contributed by atoms with E-state index in [4.69, 9.17) is 11.6 Å². The smallest absolute Gasteiger partial charge is 0.222 e. The van der Waals surface area contributed by atoms with E-state index in [1.54, 1.807) is 0 Å². The summed E-state index contributed by atoms with van der Waals surface area (Å²) in [5, 5.41) is 0.809. The maximum absolute atomic E-state index is 11.7. The molecule has 90 valence electrons. The lowest BCUT2D eigenvalue weighted by Crippen LogP contribution is -2.47. The van der Waals surface area contributed by atoms with Crippen LogP contribution in [0.3, 0.4) is 0 Å². The van der Waals surface area contributed by atoms with E-state index in [0.717, 1.165) is 24.3 Å². The molecule has 0 bridgehead atoms. The topological polar surface area (TPSA) is 20.3 Å². The minimum atomic E-state index is 0.289. The lowest BCUT2D eigenvalue weighted by Gasteiger charge is -2.43. The van der Waals surface area contributed by atoms with Gasteiger partial charge in [-0.3, -0.25) is 4.79 Å². The van der Waals surface area contributed by atoms with Gasteiger partial charge in [0, 0.05) is 30.5 Å². The van der Waals surface area contributed by atoms with Gasteiger partial charge in [-0.25, -0.2) is 0 Å². The molecule has 17 heavy (non-hydrogen) atoms. The number of aryl methyl sites for hydroxylation is 1. The number of piperidine rings is 1. The number of hydrogen-bond acceptors (Lipinski definition) is 1. The van der Waals surface area contributed by atoms with Gasteiger partial charge in [-0.15, -0.1) is 0 Å². The first kappa shape index (κ1) is 11.1. The third kappa shape index (κ3) is 1.75. The van der Waals surface area contributed by atoms with Crippen LogP contribution in [0.1, 0.15) is 36.3 Å². The standard InChI is InChI=1S/C14H16ClNO/c1-16-13-6-3-9-2-4-10(15)8-12(9)11(13)5-7-14(16)17/h2,4,8,11,13H,3,5-7H2,1H3. The number of rotatable bonds is 0. The Morgan fingerprint density at radius 2 is 2.12 bits per heavy atom. The normalized spacial score (nSPS) is 27.6. The van der Waals surface area contributed by atoms with E-state index in [-0.39, 0.29) is 5.91 Å². The maximum Gasteiger partial charge on any atom is 0.222 e. The minimum absolute atomic E-state index is 0.289. The monoisotopic (exact) mass is 249 g/mol. The Balaban J connectivity index is 2.01. The summed E-state index contributed by atoms with van der Waals surface area (Å²) in [6, 6.07) is 6.59. The van der Waals surface area contributed by atoms with E-state index in [1.807, 2.05) is 18.0 Å². The lowest BCUT2D eigenvalue weighted by atomic mass is 9.74. The molecule has 0 saturated carbocycles. The molecule has 3 heteroatoms. The number of fused-ring (bicyclic) bond motifs is 3. The van der Waals surface area contributed by atoms with Crippen LogP contribution in [-0.2, 0) is 11.2 Å². The summed E-state index contributed by atoms with van der Waals surface area (Å²) < 4.78 is 0. The van der Waals surface area contributed by atoms with E-state index in [1.165, 1.54) is 11.1 Å². The van der Waals surface area contributed by atoms with E-state index >= 15 is 0 Å². The number of likely N-dealkylation sites (N-methyl/N-ethyl adjacent to an activating group) is 1. The van der Waals surface area contributed by atoms with Gasteiger partial charge in [-0.1, -0.05) is 17.7 Å². The fourth-order valence-corrected chi connectivity index (χ4v) is 3.48. The summed E-state index contributed by atoms with van der Waals surface area (Å²) >= 11 is 6.09. The highest BCUT2D eigenvalue weighted by Crippen LogP contribution is 2.41. The third-order valence-corrected chi connectivity index (χ3v) is 4.48. The Labute approximate surface area is 107 Å². The fourth-order valence-electron chi connectivity index (χ4n) is 3.30. The number of carbonyl (C=O) groups excluding carboxylic acids is 1.